The molecule has 1 amide bonds. The molecule has 1 saturated carbocycles. The highest BCUT2D eigenvalue weighted by molar-refractivity contribution is 6.31. The van der Waals surface area contributed by atoms with Gasteiger partial charge in [-0.15, -0.1) is 0 Å². The van der Waals surface area contributed by atoms with E-state index in [1.807, 2.05) is 29.2 Å². The molecule has 0 bridgehead atoms. The molecule has 0 radical (unpaired) electrons. The van der Waals surface area contributed by atoms with E-state index in [1.165, 1.54) is 0 Å². The monoisotopic (exact) mass is 292 g/mol. The molecule has 1 aliphatic heterocycles. The van der Waals surface area contributed by atoms with E-state index >= 15 is 0 Å². The maximum atomic E-state index is 12.5. The minimum absolute atomic E-state index is 0.102. The van der Waals surface area contributed by atoms with Crippen LogP contribution in [0.4, 0.5) is 0 Å². The first-order valence-electron chi connectivity index (χ1n) is 7.27. The Bertz CT molecular complexity index is 533. The zero-order chi connectivity index (χ0) is 14.3. The Kier molecular flexibility index (Phi) is 3.51. The number of hydrogen-bond donors (Lipinski definition) is 1. The van der Waals surface area contributed by atoms with Gasteiger partial charge in [-0.3, -0.25) is 4.79 Å². The summed E-state index contributed by atoms with van der Waals surface area (Å²) in [5, 5.41) is 0.779. The van der Waals surface area contributed by atoms with Crippen LogP contribution in [0.15, 0.2) is 24.3 Å². The molecule has 1 saturated heterocycles. The van der Waals surface area contributed by atoms with E-state index in [0.717, 1.165) is 36.5 Å². The van der Waals surface area contributed by atoms with Crippen molar-refractivity contribution in [3.05, 3.63) is 34.9 Å². The maximum Gasteiger partial charge on any atom is 0.226 e. The van der Waals surface area contributed by atoms with Crippen molar-refractivity contribution in [2.75, 3.05) is 19.6 Å². The van der Waals surface area contributed by atoms with Gasteiger partial charge in [0.15, 0.2) is 0 Å². The third-order valence-corrected chi connectivity index (χ3v) is 5.12. The molecule has 4 heteroatoms. The Morgan fingerprint density at radius 2 is 2.25 bits per heavy atom. The zero-order valence-electron chi connectivity index (χ0n) is 11.8. The van der Waals surface area contributed by atoms with Crippen LogP contribution in [0.5, 0.6) is 0 Å². The Balaban J connectivity index is 1.66. The highest BCUT2D eigenvalue weighted by atomic mass is 35.5. The second-order valence-corrected chi connectivity index (χ2v) is 6.90. The summed E-state index contributed by atoms with van der Waals surface area (Å²) in [6.07, 6.45) is 1.94. The first kappa shape index (κ1) is 13.9. The number of likely N-dealkylation sites (tertiary alicyclic amines) is 1. The first-order chi connectivity index (χ1) is 9.54. The lowest BCUT2D eigenvalue weighted by molar-refractivity contribution is -0.132. The van der Waals surface area contributed by atoms with Crippen molar-refractivity contribution >= 4 is 17.5 Å². The highest BCUT2D eigenvalue weighted by Gasteiger charge is 2.48. The van der Waals surface area contributed by atoms with Gasteiger partial charge < -0.3 is 10.6 Å². The molecule has 2 aliphatic rings. The van der Waals surface area contributed by atoms with Crippen LogP contribution >= 0.6 is 11.6 Å². The average molecular weight is 293 g/mol. The van der Waals surface area contributed by atoms with Crippen molar-refractivity contribution in [1.82, 2.24) is 4.90 Å². The summed E-state index contributed by atoms with van der Waals surface area (Å²) in [6.45, 7) is 4.46. The Morgan fingerprint density at radius 1 is 1.50 bits per heavy atom. The van der Waals surface area contributed by atoms with Gasteiger partial charge in [-0.1, -0.05) is 36.7 Å². The van der Waals surface area contributed by atoms with Crippen LogP contribution in [0.3, 0.4) is 0 Å². The molecule has 3 rings (SSSR count). The van der Waals surface area contributed by atoms with Gasteiger partial charge in [0.05, 0.1) is 0 Å². The smallest absolute Gasteiger partial charge is 0.226 e. The molecule has 0 aromatic heterocycles. The number of benzene rings is 1. The molecular formula is C16H21ClN2O. The fourth-order valence-electron chi connectivity index (χ4n) is 3.20. The number of nitrogens with zero attached hydrogens (tertiary/aromatic N) is 1. The zero-order valence-corrected chi connectivity index (χ0v) is 12.6. The van der Waals surface area contributed by atoms with E-state index in [1.54, 1.807) is 0 Å². The second kappa shape index (κ2) is 5.05. The summed E-state index contributed by atoms with van der Waals surface area (Å²) < 4.78 is 0. The Labute approximate surface area is 125 Å². The molecule has 108 valence electrons. The van der Waals surface area contributed by atoms with Crippen molar-refractivity contribution in [3.8, 4) is 0 Å². The number of hydrogen-bond acceptors (Lipinski definition) is 2. The van der Waals surface area contributed by atoms with Crippen LogP contribution in [-0.4, -0.2) is 30.4 Å². The van der Waals surface area contributed by atoms with E-state index in [2.05, 4.69) is 6.92 Å². The van der Waals surface area contributed by atoms with Gasteiger partial charge in [0.1, 0.15) is 0 Å². The van der Waals surface area contributed by atoms with E-state index < -0.39 is 0 Å². The third-order valence-electron chi connectivity index (χ3n) is 4.77. The standard InChI is InChI=1S/C16H21ClN2O/c1-16(9-18)6-7-19(10-16)15(20)13-8-12(13)11-4-2-3-5-14(11)17/h2-5,12-13H,6-10,18H2,1H3. The quantitative estimate of drug-likeness (QED) is 0.931. The van der Waals surface area contributed by atoms with Gasteiger partial charge in [-0.25, -0.2) is 0 Å². The van der Waals surface area contributed by atoms with Crippen LogP contribution < -0.4 is 5.73 Å². The summed E-state index contributed by atoms with van der Waals surface area (Å²) in [6, 6.07) is 7.85. The number of amides is 1. The molecule has 2 N–H and O–H groups in total. The van der Waals surface area contributed by atoms with Gasteiger partial charge >= 0.3 is 0 Å². The molecule has 20 heavy (non-hydrogen) atoms. The normalized spacial score (nSPS) is 32.5. The Hall–Kier alpha value is -1.06. The van der Waals surface area contributed by atoms with Crippen molar-refractivity contribution in [3.63, 3.8) is 0 Å². The van der Waals surface area contributed by atoms with Gasteiger partial charge in [-0.2, -0.15) is 0 Å². The fraction of sp³-hybridized carbons (Fsp3) is 0.562. The molecule has 2 fully saturated rings. The summed E-state index contributed by atoms with van der Waals surface area (Å²) in [5.41, 5.74) is 7.03. The Morgan fingerprint density at radius 3 is 2.90 bits per heavy atom. The van der Waals surface area contributed by atoms with E-state index in [-0.39, 0.29) is 17.2 Å². The van der Waals surface area contributed by atoms with Crippen molar-refractivity contribution < 1.29 is 4.79 Å². The lowest BCUT2D eigenvalue weighted by Gasteiger charge is -2.22. The molecule has 1 aliphatic carbocycles. The minimum Gasteiger partial charge on any atom is -0.342 e. The highest BCUT2D eigenvalue weighted by Crippen LogP contribution is 2.51. The molecule has 3 unspecified atom stereocenters. The molecule has 1 aromatic rings. The minimum atomic E-state index is 0.102. The van der Waals surface area contributed by atoms with Crippen LogP contribution in [0.2, 0.25) is 5.02 Å². The summed E-state index contributed by atoms with van der Waals surface area (Å²) in [7, 11) is 0. The van der Waals surface area contributed by atoms with Crippen molar-refractivity contribution in [2.45, 2.75) is 25.7 Å². The number of rotatable bonds is 3. The lowest BCUT2D eigenvalue weighted by atomic mass is 9.90. The second-order valence-electron chi connectivity index (χ2n) is 6.49. The van der Waals surface area contributed by atoms with Crippen LogP contribution in [-0.2, 0) is 4.79 Å². The summed E-state index contributed by atoms with van der Waals surface area (Å²) >= 11 is 6.22. The SMILES string of the molecule is CC1(CN)CCN(C(=O)C2CC2c2ccccc2Cl)C1. The van der Waals surface area contributed by atoms with Crippen LogP contribution in [0.1, 0.15) is 31.2 Å². The topological polar surface area (TPSA) is 46.3 Å². The molecule has 3 atom stereocenters. The largest absolute Gasteiger partial charge is 0.342 e. The fourth-order valence-corrected chi connectivity index (χ4v) is 3.48. The average Bonchev–Trinajstić information content (AvgIpc) is 3.14. The molecule has 1 heterocycles. The first-order valence-corrected chi connectivity index (χ1v) is 7.65. The van der Waals surface area contributed by atoms with Gasteiger partial charge in [0.2, 0.25) is 5.91 Å². The number of carbonyl (C=O) groups excluding carboxylic acids is 1. The molecule has 3 nitrogen and oxygen atoms in total. The summed E-state index contributed by atoms with van der Waals surface area (Å²) in [5.74, 6) is 0.711. The van der Waals surface area contributed by atoms with Crippen LogP contribution in [0.25, 0.3) is 0 Å². The number of nitrogens with two attached hydrogens (primary N) is 1. The number of halogens is 1. The third kappa shape index (κ3) is 2.45. The summed E-state index contributed by atoms with van der Waals surface area (Å²) in [4.78, 5) is 14.5. The number of carbonyl (C=O) groups is 1. The predicted molar refractivity (Wildman–Crippen MR) is 80.7 cm³/mol. The van der Waals surface area contributed by atoms with Gasteiger partial charge in [0, 0.05) is 24.0 Å². The molecule has 1 aromatic carbocycles. The van der Waals surface area contributed by atoms with Crippen molar-refractivity contribution in [2.24, 2.45) is 17.1 Å². The van der Waals surface area contributed by atoms with E-state index in [4.69, 9.17) is 17.3 Å². The van der Waals surface area contributed by atoms with E-state index in [9.17, 15) is 4.79 Å². The lowest BCUT2D eigenvalue weighted by Crippen LogP contribution is -2.35. The molecular weight excluding hydrogens is 272 g/mol. The predicted octanol–water partition coefficient (Wildman–Crippen LogP) is 2.64. The van der Waals surface area contributed by atoms with E-state index in [0.29, 0.717) is 12.5 Å². The maximum absolute atomic E-state index is 12.5. The van der Waals surface area contributed by atoms with Gasteiger partial charge in [0.25, 0.3) is 0 Å². The molecule has 0 spiro atoms. The van der Waals surface area contributed by atoms with Gasteiger partial charge in [-0.05, 0) is 42.3 Å². The van der Waals surface area contributed by atoms with Crippen molar-refractivity contribution in [1.29, 1.82) is 0 Å². The van der Waals surface area contributed by atoms with Crippen LogP contribution in [0, 0.1) is 11.3 Å².